The minimum absolute atomic E-state index is 0.0125. The van der Waals surface area contributed by atoms with Crippen LogP contribution in [-0.2, 0) is 20.6 Å². The Labute approximate surface area is 204 Å². The van der Waals surface area contributed by atoms with E-state index in [4.69, 9.17) is 4.74 Å². The van der Waals surface area contributed by atoms with Gasteiger partial charge in [0, 0.05) is 11.4 Å². The van der Waals surface area contributed by atoms with Crippen molar-refractivity contribution < 1.29 is 32.3 Å². The molecule has 3 amide bonds. The Bertz CT molecular complexity index is 1270. The zero-order valence-corrected chi connectivity index (χ0v) is 18.9. The van der Waals surface area contributed by atoms with Gasteiger partial charge in [-0.3, -0.25) is 14.4 Å². The molecule has 0 unspecified atom stereocenters. The quantitative estimate of drug-likeness (QED) is 0.259. The summed E-state index contributed by atoms with van der Waals surface area (Å²) in [5, 5.41) is 8.51. The van der Waals surface area contributed by atoms with Gasteiger partial charge in [-0.15, -0.1) is 0 Å². The van der Waals surface area contributed by atoms with Crippen molar-refractivity contribution in [2.24, 2.45) is 5.10 Å². The summed E-state index contributed by atoms with van der Waals surface area (Å²) in [4.78, 5) is 35.9. The Morgan fingerprint density at radius 3 is 2.33 bits per heavy atom. The van der Waals surface area contributed by atoms with Crippen molar-refractivity contribution in [1.82, 2.24) is 5.43 Å². The lowest BCUT2D eigenvalue weighted by Crippen LogP contribution is -2.32. The van der Waals surface area contributed by atoms with Crippen molar-refractivity contribution in [1.29, 1.82) is 0 Å². The molecule has 3 aromatic rings. The fourth-order valence-electron chi connectivity index (χ4n) is 2.84. The fraction of sp³-hybridized carbons (Fsp3) is 0.120. The van der Waals surface area contributed by atoms with Crippen LogP contribution in [0.3, 0.4) is 0 Å². The van der Waals surface area contributed by atoms with Crippen LogP contribution in [0.25, 0.3) is 0 Å². The number of hydrogen-bond acceptors (Lipinski definition) is 5. The SMILES string of the molecule is Cc1ccc(NC(=O)C(=O)N/N=C\c2cccc(OCC(=O)Nc3cccc(C(F)(F)F)c3)c2)cc1. The lowest BCUT2D eigenvalue weighted by Gasteiger charge is -2.10. The number of amides is 3. The standard InChI is InChI=1S/C25H21F3N4O4/c1-16-8-10-19(11-9-16)31-23(34)24(35)32-29-14-17-4-2-7-21(12-17)36-15-22(33)30-20-6-3-5-18(13-20)25(26,27)28/h2-14H,15H2,1H3,(H,30,33)(H,31,34)(H,32,35)/b29-14-. The highest BCUT2D eigenvalue weighted by Gasteiger charge is 2.30. The number of hydrogen-bond donors (Lipinski definition) is 3. The molecule has 0 radical (unpaired) electrons. The normalized spacial score (nSPS) is 11.1. The topological polar surface area (TPSA) is 109 Å². The summed E-state index contributed by atoms with van der Waals surface area (Å²) in [6, 6.07) is 17.5. The fourth-order valence-corrected chi connectivity index (χ4v) is 2.84. The van der Waals surface area contributed by atoms with Gasteiger partial charge in [-0.2, -0.15) is 18.3 Å². The van der Waals surface area contributed by atoms with Crippen molar-refractivity contribution >= 4 is 35.3 Å². The molecule has 3 N–H and O–H groups in total. The molecule has 3 aromatic carbocycles. The minimum Gasteiger partial charge on any atom is -0.484 e. The average molecular weight is 498 g/mol. The smallest absolute Gasteiger partial charge is 0.416 e. The maximum absolute atomic E-state index is 12.8. The number of hydrazone groups is 1. The highest BCUT2D eigenvalue weighted by atomic mass is 19.4. The number of benzene rings is 3. The molecule has 0 spiro atoms. The van der Waals surface area contributed by atoms with Crippen LogP contribution in [0.5, 0.6) is 5.75 Å². The van der Waals surface area contributed by atoms with Crippen LogP contribution in [0, 0.1) is 6.92 Å². The van der Waals surface area contributed by atoms with E-state index in [1.54, 1.807) is 42.5 Å². The molecule has 0 heterocycles. The summed E-state index contributed by atoms with van der Waals surface area (Å²) < 4.78 is 43.8. The molecule has 0 aliphatic carbocycles. The Hall–Kier alpha value is -4.67. The van der Waals surface area contributed by atoms with Gasteiger partial charge in [-0.1, -0.05) is 35.9 Å². The monoisotopic (exact) mass is 498 g/mol. The Morgan fingerprint density at radius 1 is 0.889 bits per heavy atom. The van der Waals surface area contributed by atoms with Crippen LogP contribution in [0.2, 0.25) is 0 Å². The van der Waals surface area contributed by atoms with Crippen molar-refractivity contribution in [3.63, 3.8) is 0 Å². The number of halogens is 3. The van der Waals surface area contributed by atoms with E-state index in [9.17, 15) is 27.6 Å². The molecule has 36 heavy (non-hydrogen) atoms. The molecular weight excluding hydrogens is 477 g/mol. The number of rotatable bonds is 7. The number of anilines is 2. The molecule has 0 bridgehead atoms. The number of alkyl halides is 3. The third kappa shape index (κ3) is 7.97. The van der Waals surface area contributed by atoms with E-state index in [-0.39, 0.29) is 11.4 Å². The van der Waals surface area contributed by atoms with Crippen molar-refractivity contribution in [2.45, 2.75) is 13.1 Å². The van der Waals surface area contributed by atoms with Gasteiger partial charge in [-0.25, -0.2) is 5.43 Å². The van der Waals surface area contributed by atoms with Crippen LogP contribution in [0.4, 0.5) is 24.5 Å². The third-order valence-corrected chi connectivity index (χ3v) is 4.60. The van der Waals surface area contributed by atoms with E-state index >= 15 is 0 Å². The lowest BCUT2D eigenvalue weighted by molar-refractivity contribution is -0.137. The van der Waals surface area contributed by atoms with Crippen LogP contribution in [0.15, 0.2) is 77.9 Å². The summed E-state index contributed by atoms with van der Waals surface area (Å²) in [6.07, 6.45) is -3.25. The Kier molecular flexibility index (Phi) is 8.39. The first kappa shape index (κ1) is 25.9. The van der Waals surface area contributed by atoms with Crippen molar-refractivity contribution in [2.75, 3.05) is 17.2 Å². The van der Waals surface area contributed by atoms with Crippen LogP contribution in [-0.4, -0.2) is 30.5 Å². The molecule has 0 aliphatic heterocycles. The van der Waals surface area contributed by atoms with Gasteiger partial charge in [0.15, 0.2) is 6.61 Å². The van der Waals surface area contributed by atoms with Crippen LogP contribution < -0.4 is 20.8 Å². The number of carbonyl (C=O) groups excluding carboxylic acids is 3. The maximum Gasteiger partial charge on any atom is 0.416 e. The summed E-state index contributed by atoms with van der Waals surface area (Å²) >= 11 is 0. The highest BCUT2D eigenvalue weighted by molar-refractivity contribution is 6.39. The summed E-state index contributed by atoms with van der Waals surface area (Å²) in [6.45, 7) is 1.44. The molecule has 0 saturated heterocycles. The number of aryl methyl sites for hydroxylation is 1. The van der Waals surface area contributed by atoms with E-state index in [1.165, 1.54) is 24.4 Å². The minimum atomic E-state index is -4.52. The second-order valence-corrected chi connectivity index (χ2v) is 7.51. The summed E-state index contributed by atoms with van der Waals surface area (Å²) in [5.74, 6) is -2.23. The first-order valence-electron chi connectivity index (χ1n) is 10.5. The number of ether oxygens (including phenoxy) is 1. The Morgan fingerprint density at radius 2 is 1.61 bits per heavy atom. The van der Waals surface area contributed by atoms with Gasteiger partial charge in [0.2, 0.25) is 0 Å². The van der Waals surface area contributed by atoms with E-state index in [1.807, 2.05) is 6.92 Å². The first-order chi connectivity index (χ1) is 17.1. The van der Waals surface area contributed by atoms with Gasteiger partial charge in [0.05, 0.1) is 11.8 Å². The van der Waals surface area contributed by atoms with Gasteiger partial charge in [0.1, 0.15) is 5.75 Å². The first-order valence-corrected chi connectivity index (χ1v) is 10.5. The number of nitrogens with zero attached hydrogens (tertiary/aromatic N) is 1. The molecule has 186 valence electrons. The molecule has 0 atom stereocenters. The molecule has 0 fully saturated rings. The predicted octanol–water partition coefficient (Wildman–Crippen LogP) is 4.12. The molecular formula is C25H21F3N4O4. The van der Waals surface area contributed by atoms with Gasteiger partial charge < -0.3 is 15.4 Å². The van der Waals surface area contributed by atoms with Gasteiger partial charge in [-0.05, 0) is 55.0 Å². The van der Waals surface area contributed by atoms with Gasteiger partial charge in [0.25, 0.3) is 5.91 Å². The lowest BCUT2D eigenvalue weighted by atomic mass is 10.2. The predicted molar refractivity (Wildman–Crippen MR) is 128 cm³/mol. The summed E-state index contributed by atoms with van der Waals surface area (Å²) in [5.41, 5.74) is 3.17. The number of carbonyl (C=O) groups is 3. The van der Waals surface area contributed by atoms with Crippen molar-refractivity contribution in [3.8, 4) is 5.75 Å². The van der Waals surface area contributed by atoms with E-state index < -0.39 is 36.1 Å². The molecule has 11 heteroatoms. The second-order valence-electron chi connectivity index (χ2n) is 7.51. The average Bonchev–Trinajstić information content (AvgIpc) is 2.84. The molecule has 0 aliphatic rings. The maximum atomic E-state index is 12.8. The molecule has 8 nitrogen and oxygen atoms in total. The highest BCUT2D eigenvalue weighted by Crippen LogP contribution is 2.30. The Balaban J connectivity index is 1.49. The van der Waals surface area contributed by atoms with E-state index in [0.29, 0.717) is 11.3 Å². The van der Waals surface area contributed by atoms with E-state index in [2.05, 4.69) is 21.2 Å². The van der Waals surface area contributed by atoms with Crippen LogP contribution in [0.1, 0.15) is 16.7 Å². The molecule has 3 rings (SSSR count). The van der Waals surface area contributed by atoms with Crippen molar-refractivity contribution in [3.05, 3.63) is 89.5 Å². The third-order valence-electron chi connectivity index (χ3n) is 4.60. The van der Waals surface area contributed by atoms with E-state index in [0.717, 1.165) is 17.7 Å². The van der Waals surface area contributed by atoms with Crippen LogP contribution >= 0.6 is 0 Å². The van der Waals surface area contributed by atoms with Gasteiger partial charge >= 0.3 is 18.0 Å². The zero-order valence-electron chi connectivity index (χ0n) is 18.9. The zero-order chi connectivity index (χ0) is 26.1. The second kappa shape index (κ2) is 11.6. The summed E-state index contributed by atoms with van der Waals surface area (Å²) in [7, 11) is 0. The molecule has 0 saturated carbocycles. The largest absolute Gasteiger partial charge is 0.484 e. The molecule has 0 aromatic heterocycles. The number of nitrogens with one attached hydrogen (secondary N) is 3.